The van der Waals surface area contributed by atoms with Crippen molar-refractivity contribution in [3.63, 3.8) is 0 Å². The van der Waals surface area contributed by atoms with Gasteiger partial charge in [0.2, 0.25) is 0 Å². The van der Waals surface area contributed by atoms with Crippen molar-refractivity contribution in [3.05, 3.63) is 0 Å². The Labute approximate surface area is 84.5 Å². The standard InChI is InChI=1S/C10H18O4/c1-6-8-9(12-4)10(14-6,5-13-8)7(2)11-3/h6-9H,5H2,1-4H3/t6-,7-,8+,9+,10-/m0/s1. The van der Waals surface area contributed by atoms with Crippen molar-refractivity contribution in [1.82, 2.24) is 0 Å². The minimum atomic E-state index is -0.409. The molecule has 0 N–H and O–H groups in total. The van der Waals surface area contributed by atoms with E-state index in [9.17, 15) is 0 Å². The second kappa shape index (κ2) is 3.45. The van der Waals surface area contributed by atoms with Gasteiger partial charge in [-0.1, -0.05) is 0 Å². The Morgan fingerprint density at radius 1 is 1.43 bits per heavy atom. The summed E-state index contributed by atoms with van der Waals surface area (Å²) in [4.78, 5) is 0. The molecule has 0 unspecified atom stereocenters. The summed E-state index contributed by atoms with van der Waals surface area (Å²) in [6.07, 6.45) is 0.124. The van der Waals surface area contributed by atoms with Crippen LogP contribution >= 0.6 is 0 Å². The number of fused-ring (bicyclic) bond motifs is 2. The van der Waals surface area contributed by atoms with E-state index in [1.807, 2.05) is 13.8 Å². The van der Waals surface area contributed by atoms with Gasteiger partial charge in [0.15, 0.2) is 0 Å². The molecule has 0 saturated carbocycles. The van der Waals surface area contributed by atoms with Crippen LogP contribution in [-0.4, -0.2) is 50.8 Å². The molecule has 82 valence electrons. The molecule has 2 rings (SSSR count). The quantitative estimate of drug-likeness (QED) is 0.671. The molecule has 14 heavy (non-hydrogen) atoms. The van der Waals surface area contributed by atoms with Crippen molar-refractivity contribution in [1.29, 1.82) is 0 Å². The molecule has 2 aliphatic heterocycles. The second-order valence-electron chi connectivity index (χ2n) is 4.09. The van der Waals surface area contributed by atoms with Gasteiger partial charge in [0.1, 0.15) is 17.8 Å². The topological polar surface area (TPSA) is 36.9 Å². The average Bonchev–Trinajstić information content (AvgIpc) is 2.68. The molecular weight excluding hydrogens is 184 g/mol. The summed E-state index contributed by atoms with van der Waals surface area (Å²) in [5.41, 5.74) is -0.409. The van der Waals surface area contributed by atoms with E-state index in [4.69, 9.17) is 18.9 Å². The summed E-state index contributed by atoms with van der Waals surface area (Å²) in [7, 11) is 3.39. The van der Waals surface area contributed by atoms with Gasteiger partial charge in [-0.15, -0.1) is 0 Å². The smallest absolute Gasteiger partial charge is 0.146 e. The maximum atomic E-state index is 5.93. The summed E-state index contributed by atoms with van der Waals surface area (Å²) < 4.78 is 22.4. The predicted molar refractivity (Wildman–Crippen MR) is 50.3 cm³/mol. The zero-order valence-electron chi connectivity index (χ0n) is 9.15. The maximum Gasteiger partial charge on any atom is 0.146 e. The molecule has 0 aromatic rings. The molecule has 2 heterocycles. The highest BCUT2D eigenvalue weighted by Gasteiger charge is 2.63. The molecular formula is C10H18O4. The molecule has 0 spiro atoms. The molecule has 4 heteroatoms. The van der Waals surface area contributed by atoms with Crippen LogP contribution in [0.2, 0.25) is 0 Å². The zero-order valence-corrected chi connectivity index (χ0v) is 9.15. The summed E-state index contributed by atoms with van der Waals surface area (Å²) in [6, 6.07) is 0. The molecule has 2 saturated heterocycles. The van der Waals surface area contributed by atoms with Crippen LogP contribution in [0.3, 0.4) is 0 Å². The summed E-state index contributed by atoms with van der Waals surface area (Å²) >= 11 is 0. The van der Waals surface area contributed by atoms with Crippen LogP contribution in [-0.2, 0) is 18.9 Å². The first kappa shape index (κ1) is 10.4. The first-order valence-corrected chi connectivity index (χ1v) is 5.00. The minimum absolute atomic E-state index is 0.00699. The Morgan fingerprint density at radius 3 is 2.64 bits per heavy atom. The summed E-state index contributed by atoms with van der Waals surface area (Å²) in [6.45, 7) is 4.57. The van der Waals surface area contributed by atoms with Crippen LogP contribution in [0.5, 0.6) is 0 Å². The fourth-order valence-corrected chi connectivity index (χ4v) is 2.55. The van der Waals surface area contributed by atoms with Crippen LogP contribution < -0.4 is 0 Å². The molecule has 2 fully saturated rings. The second-order valence-corrected chi connectivity index (χ2v) is 4.09. The van der Waals surface area contributed by atoms with Crippen LogP contribution in [0.4, 0.5) is 0 Å². The molecule has 4 nitrogen and oxygen atoms in total. The van der Waals surface area contributed by atoms with Crippen molar-refractivity contribution in [2.24, 2.45) is 0 Å². The highest BCUT2D eigenvalue weighted by Crippen LogP contribution is 2.44. The largest absolute Gasteiger partial charge is 0.379 e. The Kier molecular flexibility index (Phi) is 2.55. The fraction of sp³-hybridized carbons (Fsp3) is 1.00. The molecule has 0 radical (unpaired) electrons. The first-order valence-electron chi connectivity index (χ1n) is 5.00. The Morgan fingerprint density at radius 2 is 2.14 bits per heavy atom. The Hall–Kier alpha value is -0.160. The molecule has 0 amide bonds. The number of rotatable bonds is 3. The van der Waals surface area contributed by atoms with Crippen LogP contribution in [0, 0.1) is 0 Å². The monoisotopic (exact) mass is 202 g/mol. The van der Waals surface area contributed by atoms with E-state index in [1.54, 1.807) is 14.2 Å². The van der Waals surface area contributed by atoms with Gasteiger partial charge in [-0.3, -0.25) is 0 Å². The molecule has 0 aliphatic carbocycles. The van der Waals surface area contributed by atoms with E-state index in [0.29, 0.717) is 6.61 Å². The van der Waals surface area contributed by atoms with Crippen LogP contribution in [0.1, 0.15) is 13.8 Å². The first-order chi connectivity index (χ1) is 6.65. The van der Waals surface area contributed by atoms with E-state index < -0.39 is 5.60 Å². The molecule has 2 bridgehead atoms. The lowest BCUT2D eigenvalue weighted by Gasteiger charge is -2.34. The van der Waals surface area contributed by atoms with E-state index in [2.05, 4.69) is 0 Å². The van der Waals surface area contributed by atoms with Gasteiger partial charge < -0.3 is 18.9 Å². The van der Waals surface area contributed by atoms with Crippen molar-refractivity contribution in [2.75, 3.05) is 20.8 Å². The van der Waals surface area contributed by atoms with Crippen LogP contribution in [0.25, 0.3) is 0 Å². The van der Waals surface area contributed by atoms with Gasteiger partial charge in [-0.2, -0.15) is 0 Å². The number of methoxy groups -OCH3 is 2. The normalized spacial score (nSPS) is 48.4. The Balaban J connectivity index is 2.24. The molecule has 0 aromatic heterocycles. The molecule has 2 aliphatic rings. The highest BCUT2D eigenvalue weighted by atomic mass is 16.7. The van der Waals surface area contributed by atoms with Gasteiger partial charge in [0, 0.05) is 14.2 Å². The maximum absolute atomic E-state index is 5.93. The number of hydrogen-bond donors (Lipinski definition) is 0. The molecule has 5 atom stereocenters. The number of ether oxygens (including phenoxy) is 4. The highest BCUT2D eigenvalue weighted by molar-refractivity contribution is 5.10. The van der Waals surface area contributed by atoms with E-state index >= 15 is 0 Å². The zero-order chi connectivity index (χ0) is 10.3. The van der Waals surface area contributed by atoms with Gasteiger partial charge >= 0.3 is 0 Å². The summed E-state index contributed by atoms with van der Waals surface area (Å²) in [5, 5.41) is 0. The van der Waals surface area contributed by atoms with Crippen molar-refractivity contribution < 1.29 is 18.9 Å². The number of hydrogen-bond acceptors (Lipinski definition) is 4. The fourth-order valence-electron chi connectivity index (χ4n) is 2.55. The lowest BCUT2D eigenvalue weighted by molar-refractivity contribution is -0.187. The van der Waals surface area contributed by atoms with E-state index in [0.717, 1.165) is 0 Å². The van der Waals surface area contributed by atoms with E-state index in [1.165, 1.54) is 0 Å². The SMILES string of the molecule is CO[C@@H](C)[C@]12CO[C@H]([C@H](C)O1)[C@H]2OC. The van der Waals surface area contributed by atoms with Crippen molar-refractivity contribution in [2.45, 2.75) is 43.9 Å². The van der Waals surface area contributed by atoms with Gasteiger partial charge in [-0.05, 0) is 13.8 Å². The lowest BCUT2D eigenvalue weighted by Crippen LogP contribution is -2.51. The average molecular weight is 202 g/mol. The van der Waals surface area contributed by atoms with Crippen molar-refractivity contribution in [3.8, 4) is 0 Å². The third-order valence-electron chi connectivity index (χ3n) is 3.44. The van der Waals surface area contributed by atoms with Crippen molar-refractivity contribution >= 4 is 0 Å². The minimum Gasteiger partial charge on any atom is -0.379 e. The van der Waals surface area contributed by atoms with E-state index in [-0.39, 0.29) is 24.4 Å². The predicted octanol–water partition coefficient (Wildman–Crippen LogP) is 0.593. The van der Waals surface area contributed by atoms with Gasteiger partial charge in [0.05, 0.1) is 18.8 Å². The summed E-state index contributed by atoms with van der Waals surface area (Å²) in [5.74, 6) is 0. The van der Waals surface area contributed by atoms with Gasteiger partial charge in [-0.25, -0.2) is 0 Å². The third kappa shape index (κ3) is 1.15. The van der Waals surface area contributed by atoms with Crippen LogP contribution in [0.15, 0.2) is 0 Å². The van der Waals surface area contributed by atoms with Gasteiger partial charge in [0.25, 0.3) is 0 Å². The lowest BCUT2D eigenvalue weighted by atomic mass is 9.93. The third-order valence-corrected chi connectivity index (χ3v) is 3.44. The molecule has 0 aromatic carbocycles. The Bertz CT molecular complexity index is 220.